The molecular weight excluding hydrogens is 266 g/mol. The highest BCUT2D eigenvalue weighted by atomic mass is 16.4. The van der Waals surface area contributed by atoms with Crippen molar-refractivity contribution < 1.29 is 9.90 Å². The molecule has 1 aliphatic heterocycles. The topological polar surface area (TPSA) is 58.4 Å². The van der Waals surface area contributed by atoms with Crippen molar-refractivity contribution in [2.24, 2.45) is 7.05 Å². The molecule has 3 rings (SSSR count). The lowest BCUT2D eigenvalue weighted by molar-refractivity contribution is 0.0696. The van der Waals surface area contributed by atoms with Gasteiger partial charge in [0.05, 0.1) is 5.56 Å². The Kier molecular flexibility index (Phi) is 3.75. The second-order valence-electron chi connectivity index (χ2n) is 5.51. The van der Waals surface area contributed by atoms with Crippen LogP contribution in [0.25, 0.3) is 0 Å². The summed E-state index contributed by atoms with van der Waals surface area (Å²) in [6, 6.07) is 7.51. The Morgan fingerprint density at radius 2 is 2.19 bits per heavy atom. The number of nitrogens with zero attached hydrogens (tertiary/aromatic N) is 3. The molecule has 0 atom stereocenters. The molecule has 5 heteroatoms. The van der Waals surface area contributed by atoms with Crippen LogP contribution in [0, 0.1) is 0 Å². The standard InChI is InChI=1S/C16H19N3O2/c1-18-15(4-7-17-18)6-9-19-8-5-12-2-3-13(16(20)21)10-14(12)11-19/h2-4,7,10H,5-6,8-9,11H2,1H3,(H,20,21). The molecule has 1 aromatic heterocycles. The van der Waals surface area contributed by atoms with E-state index < -0.39 is 5.97 Å². The quantitative estimate of drug-likeness (QED) is 0.929. The van der Waals surface area contributed by atoms with E-state index in [0.29, 0.717) is 5.56 Å². The Morgan fingerprint density at radius 3 is 2.90 bits per heavy atom. The number of rotatable bonds is 4. The van der Waals surface area contributed by atoms with Crippen molar-refractivity contribution in [1.82, 2.24) is 14.7 Å². The van der Waals surface area contributed by atoms with Gasteiger partial charge < -0.3 is 5.11 Å². The fraction of sp³-hybridized carbons (Fsp3) is 0.375. The summed E-state index contributed by atoms with van der Waals surface area (Å²) in [4.78, 5) is 13.4. The maximum Gasteiger partial charge on any atom is 0.335 e. The SMILES string of the molecule is Cn1nccc1CCN1CCc2ccc(C(=O)O)cc2C1. The first-order valence-corrected chi connectivity index (χ1v) is 7.18. The van der Waals surface area contributed by atoms with Crippen LogP contribution >= 0.6 is 0 Å². The number of aromatic carboxylic acids is 1. The summed E-state index contributed by atoms with van der Waals surface area (Å²) < 4.78 is 1.90. The van der Waals surface area contributed by atoms with Gasteiger partial charge in [0.15, 0.2) is 0 Å². The molecule has 1 aliphatic rings. The van der Waals surface area contributed by atoms with Crippen molar-refractivity contribution in [1.29, 1.82) is 0 Å². The van der Waals surface area contributed by atoms with Gasteiger partial charge in [-0.25, -0.2) is 4.79 Å². The second-order valence-corrected chi connectivity index (χ2v) is 5.51. The molecule has 0 saturated carbocycles. The van der Waals surface area contributed by atoms with Crippen LogP contribution < -0.4 is 0 Å². The van der Waals surface area contributed by atoms with Gasteiger partial charge in [0, 0.05) is 45.0 Å². The molecule has 1 aromatic carbocycles. The number of hydrogen-bond donors (Lipinski definition) is 1. The minimum atomic E-state index is -0.857. The van der Waals surface area contributed by atoms with Gasteiger partial charge in [-0.15, -0.1) is 0 Å². The normalized spacial score (nSPS) is 14.9. The highest BCUT2D eigenvalue weighted by Gasteiger charge is 2.17. The van der Waals surface area contributed by atoms with Gasteiger partial charge >= 0.3 is 5.97 Å². The fourth-order valence-corrected chi connectivity index (χ4v) is 2.86. The third-order valence-corrected chi connectivity index (χ3v) is 4.15. The first kappa shape index (κ1) is 13.8. The summed E-state index contributed by atoms with van der Waals surface area (Å²) in [5.41, 5.74) is 4.02. The highest BCUT2D eigenvalue weighted by molar-refractivity contribution is 5.87. The zero-order valence-corrected chi connectivity index (χ0v) is 12.1. The van der Waals surface area contributed by atoms with Gasteiger partial charge in [0.25, 0.3) is 0 Å². The smallest absolute Gasteiger partial charge is 0.335 e. The molecule has 0 fully saturated rings. The van der Waals surface area contributed by atoms with E-state index >= 15 is 0 Å². The average Bonchev–Trinajstić information content (AvgIpc) is 2.89. The van der Waals surface area contributed by atoms with E-state index in [2.05, 4.69) is 10.00 Å². The van der Waals surface area contributed by atoms with Gasteiger partial charge in [0.2, 0.25) is 0 Å². The minimum absolute atomic E-state index is 0.377. The van der Waals surface area contributed by atoms with Crippen molar-refractivity contribution in [3.8, 4) is 0 Å². The van der Waals surface area contributed by atoms with Crippen molar-refractivity contribution in [3.05, 3.63) is 52.8 Å². The monoisotopic (exact) mass is 285 g/mol. The Morgan fingerprint density at radius 1 is 1.33 bits per heavy atom. The lowest BCUT2D eigenvalue weighted by atomic mass is 9.97. The van der Waals surface area contributed by atoms with Crippen molar-refractivity contribution in [2.45, 2.75) is 19.4 Å². The third kappa shape index (κ3) is 2.97. The summed E-state index contributed by atoms with van der Waals surface area (Å²) in [7, 11) is 1.96. The van der Waals surface area contributed by atoms with Crippen LogP contribution in [0.5, 0.6) is 0 Å². The number of hydrogen-bond acceptors (Lipinski definition) is 3. The number of carbonyl (C=O) groups is 1. The Hall–Kier alpha value is -2.14. The molecule has 110 valence electrons. The maximum atomic E-state index is 11.1. The van der Waals surface area contributed by atoms with Crippen LogP contribution in [0.3, 0.4) is 0 Å². The second kappa shape index (κ2) is 5.69. The molecule has 0 spiro atoms. The molecule has 5 nitrogen and oxygen atoms in total. The number of benzene rings is 1. The number of fused-ring (bicyclic) bond motifs is 1. The summed E-state index contributed by atoms with van der Waals surface area (Å²) in [6.07, 6.45) is 3.77. The van der Waals surface area contributed by atoms with Crippen LogP contribution in [-0.2, 0) is 26.4 Å². The fourth-order valence-electron chi connectivity index (χ4n) is 2.86. The number of carboxylic acids is 1. The predicted molar refractivity (Wildman–Crippen MR) is 79.3 cm³/mol. The Balaban J connectivity index is 1.67. The van der Waals surface area contributed by atoms with Gasteiger partial charge in [-0.2, -0.15) is 5.10 Å². The molecule has 0 saturated heterocycles. The summed E-state index contributed by atoms with van der Waals surface area (Å²) in [5.74, 6) is -0.857. The van der Waals surface area contributed by atoms with Crippen LogP contribution in [0.2, 0.25) is 0 Å². The molecule has 21 heavy (non-hydrogen) atoms. The largest absolute Gasteiger partial charge is 0.478 e. The van der Waals surface area contributed by atoms with Crippen molar-refractivity contribution >= 4 is 5.97 Å². The van der Waals surface area contributed by atoms with Crippen molar-refractivity contribution in [3.63, 3.8) is 0 Å². The molecule has 2 aromatic rings. The van der Waals surface area contributed by atoms with E-state index in [-0.39, 0.29) is 0 Å². The first-order chi connectivity index (χ1) is 10.1. The lowest BCUT2D eigenvalue weighted by Crippen LogP contribution is -2.32. The van der Waals surface area contributed by atoms with E-state index in [9.17, 15) is 4.79 Å². The zero-order chi connectivity index (χ0) is 14.8. The molecule has 1 N–H and O–H groups in total. The maximum absolute atomic E-state index is 11.1. The molecule has 0 aliphatic carbocycles. The molecule has 2 heterocycles. The van der Waals surface area contributed by atoms with E-state index in [0.717, 1.165) is 38.0 Å². The minimum Gasteiger partial charge on any atom is -0.478 e. The predicted octanol–water partition coefficient (Wildman–Crippen LogP) is 1.72. The molecule has 0 unspecified atom stereocenters. The van der Waals surface area contributed by atoms with E-state index in [1.807, 2.05) is 36.1 Å². The third-order valence-electron chi connectivity index (χ3n) is 4.15. The van der Waals surface area contributed by atoms with Gasteiger partial charge in [-0.05, 0) is 35.7 Å². The van der Waals surface area contributed by atoms with E-state index in [1.54, 1.807) is 6.07 Å². The summed E-state index contributed by atoms with van der Waals surface area (Å²) in [5, 5.41) is 13.3. The highest BCUT2D eigenvalue weighted by Crippen LogP contribution is 2.20. The van der Waals surface area contributed by atoms with E-state index in [1.165, 1.54) is 11.3 Å². The average molecular weight is 285 g/mol. The van der Waals surface area contributed by atoms with Crippen LogP contribution in [0.4, 0.5) is 0 Å². The van der Waals surface area contributed by atoms with E-state index in [4.69, 9.17) is 5.11 Å². The number of carboxylic acid groups (broad SMARTS) is 1. The van der Waals surface area contributed by atoms with Crippen molar-refractivity contribution in [2.75, 3.05) is 13.1 Å². The Bertz CT molecular complexity index is 663. The lowest BCUT2D eigenvalue weighted by Gasteiger charge is -2.28. The molecular formula is C16H19N3O2. The summed E-state index contributed by atoms with van der Waals surface area (Å²) >= 11 is 0. The van der Waals surface area contributed by atoms with Crippen LogP contribution in [0.1, 0.15) is 27.2 Å². The number of aromatic nitrogens is 2. The van der Waals surface area contributed by atoms with Gasteiger partial charge in [-0.1, -0.05) is 6.07 Å². The Labute approximate surface area is 123 Å². The van der Waals surface area contributed by atoms with Crippen LogP contribution in [-0.4, -0.2) is 38.8 Å². The zero-order valence-electron chi connectivity index (χ0n) is 12.1. The van der Waals surface area contributed by atoms with Gasteiger partial charge in [0.1, 0.15) is 0 Å². The summed E-state index contributed by atoms with van der Waals surface area (Å²) in [6.45, 7) is 2.82. The molecule has 0 radical (unpaired) electrons. The molecule has 0 bridgehead atoms. The first-order valence-electron chi connectivity index (χ1n) is 7.18. The number of aryl methyl sites for hydroxylation is 1. The van der Waals surface area contributed by atoms with Gasteiger partial charge in [-0.3, -0.25) is 9.58 Å². The molecule has 0 amide bonds. The van der Waals surface area contributed by atoms with Crippen LogP contribution in [0.15, 0.2) is 30.5 Å².